The average Bonchev–Trinajstić information content (AvgIpc) is 2.36. The van der Waals surface area contributed by atoms with Gasteiger partial charge in [-0.1, -0.05) is 29.8 Å². The number of Topliss-reactive ketones (excluding diaryl/α,β-unsaturated/α-hetero) is 1. The molecule has 0 saturated heterocycles. The lowest BCUT2D eigenvalue weighted by Gasteiger charge is -2.20. The van der Waals surface area contributed by atoms with Gasteiger partial charge in [0.15, 0.2) is 5.60 Å². The first-order valence-corrected chi connectivity index (χ1v) is 6.59. The predicted octanol–water partition coefficient (Wildman–Crippen LogP) is 2.63. The largest absolute Gasteiger partial charge is 0.464 e. The molecule has 0 radical (unpaired) electrons. The molecule has 0 unspecified atom stereocenters. The van der Waals surface area contributed by atoms with Crippen molar-refractivity contribution in [2.45, 2.75) is 25.9 Å². The van der Waals surface area contributed by atoms with Gasteiger partial charge in [-0.15, -0.1) is 0 Å². The molecule has 1 aromatic carbocycles. The standard InChI is InChI=1S/C15H17ClO4/c1-3-20-14(18)15(19,10-11(2)17)8-7-12-5-4-6-13(16)9-12/h4-9,19H,3,10H2,1-2H3/b8-7+/t15-/m1/s1. The molecule has 0 aromatic heterocycles. The molecule has 1 rings (SSSR count). The van der Waals surface area contributed by atoms with Crippen molar-refractivity contribution in [3.8, 4) is 0 Å². The molecule has 4 nitrogen and oxygen atoms in total. The number of ether oxygens (including phenoxy) is 1. The van der Waals surface area contributed by atoms with Gasteiger partial charge >= 0.3 is 5.97 Å². The SMILES string of the molecule is CCOC(=O)[C@@](O)(/C=C/c1cccc(Cl)c1)CC(C)=O. The zero-order valence-corrected chi connectivity index (χ0v) is 12.2. The van der Waals surface area contributed by atoms with Crippen LogP contribution in [0.2, 0.25) is 5.02 Å². The van der Waals surface area contributed by atoms with Crippen LogP contribution >= 0.6 is 11.6 Å². The van der Waals surface area contributed by atoms with Gasteiger partial charge in [-0.05, 0) is 37.6 Å². The number of hydrogen-bond donors (Lipinski definition) is 1. The second kappa shape index (κ2) is 7.22. The van der Waals surface area contributed by atoms with Crippen LogP contribution in [-0.2, 0) is 14.3 Å². The van der Waals surface area contributed by atoms with Crippen molar-refractivity contribution in [2.75, 3.05) is 6.61 Å². The Kier molecular flexibility index (Phi) is 5.92. The third-order valence-electron chi connectivity index (χ3n) is 2.55. The summed E-state index contributed by atoms with van der Waals surface area (Å²) in [6, 6.07) is 6.90. The van der Waals surface area contributed by atoms with E-state index >= 15 is 0 Å². The summed E-state index contributed by atoms with van der Waals surface area (Å²) in [6.45, 7) is 3.06. The molecule has 0 bridgehead atoms. The first-order valence-electron chi connectivity index (χ1n) is 6.21. The monoisotopic (exact) mass is 296 g/mol. The number of carbonyl (C=O) groups is 2. The van der Waals surface area contributed by atoms with Gasteiger partial charge in [-0.3, -0.25) is 4.79 Å². The highest BCUT2D eigenvalue weighted by Gasteiger charge is 2.36. The van der Waals surface area contributed by atoms with Gasteiger partial charge in [0.25, 0.3) is 0 Å². The fourth-order valence-electron chi connectivity index (χ4n) is 1.68. The molecule has 108 valence electrons. The van der Waals surface area contributed by atoms with E-state index in [0.29, 0.717) is 10.6 Å². The van der Waals surface area contributed by atoms with Crippen molar-refractivity contribution in [1.82, 2.24) is 0 Å². The summed E-state index contributed by atoms with van der Waals surface area (Å²) in [6.07, 6.45) is 2.46. The minimum atomic E-state index is -1.95. The lowest BCUT2D eigenvalue weighted by atomic mass is 9.96. The van der Waals surface area contributed by atoms with Crippen LogP contribution in [0, 0.1) is 0 Å². The Hall–Kier alpha value is -1.65. The third-order valence-corrected chi connectivity index (χ3v) is 2.78. The second-order valence-electron chi connectivity index (χ2n) is 4.41. The van der Waals surface area contributed by atoms with Crippen LogP contribution in [0.15, 0.2) is 30.3 Å². The zero-order valence-electron chi connectivity index (χ0n) is 11.4. The van der Waals surface area contributed by atoms with Crippen molar-refractivity contribution >= 4 is 29.4 Å². The molecule has 0 heterocycles. The number of hydrogen-bond acceptors (Lipinski definition) is 4. The molecule has 0 aliphatic rings. The van der Waals surface area contributed by atoms with Gasteiger partial charge in [0.2, 0.25) is 0 Å². The van der Waals surface area contributed by atoms with Crippen molar-refractivity contribution in [1.29, 1.82) is 0 Å². The molecule has 1 N–H and O–H groups in total. The zero-order chi connectivity index (χ0) is 15.2. The highest BCUT2D eigenvalue weighted by molar-refractivity contribution is 6.30. The Morgan fingerprint density at radius 1 is 1.45 bits per heavy atom. The van der Waals surface area contributed by atoms with Gasteiger partial charge in [0.05, 0.1) is 6.61 Å². The van der Waals surface area contributed by atoms with Gasteiger partial charge in [-0.2, -0.15) is 0 Å². The number of esters is 1. The van der Waals surface area contributed by atoms with Gasteiger partial charge in [-0.25, -0.2) is 4.79 Å². The van der Waals surface area contributed by atoms with E-state index in [1.165, 1.54) is 19.1 Å². The summed E-state index contributed by atoms with van der Waals surface area (Å²) in [5.41, 5.74) is -1.24. The maximum absolute atomic E-state index is 11.8. The summed E-state index contributed by atoms with van der Waals surface area (Å²) >= 11 is 5.85. The molecule has 20 heavy (non-hydrogen) atoms. The van der Waals surface area contributed by atoms with Crippen LogP contribution in [0.5, 0.6) is 0 Å². The molecule has 0 aliphatic carbocycles. The maximum Gasteiger partial charge on any atom is 0.342 e. The Labute approximate surface area is 123 Å². The molecule has 0 saturated carbocycles. The summed E-state index contributed by atoms with van der Waals surface area (Å²) in [7, 11) is 0. The molecule has 0 spiro atoms. The van der Waals surface area contributed by atoms with Gasteiger partial charge in [0.1, 0.15) is 5.78 Å². The van der Waals surface area contributed by atoms with E-state index in [4.69, 9.17) is 16.3 Å². The maximum atomic E-state index is 11.8. The van der Waals surface area contributed by atoms with Gasteiger partial charge < -0.3 is 9.84 Å². The molecular weight excluding hydrogens is 280 g/mol. The van der Waals surface area contributed by atoms with E-state index in [0.717, 1.165) is 0 Å². The van der Waals surface area contributed by atoms with E-state index in [2.05, 4.69) is 0 Å². The van der Waals surface area contributed by atoms with Crippen LogP contribution in [0.1, 0.15) is 25.8 Å². The fourth-order valence-corrected chi connectivity index (χ4v) is 1.88. The van der Waals surface area contributed by atoms with Crippen molar-refractivity contribution in [3.63, 3.8) is 0 Å². The normalized spacial score (nSPS) is 14.0. The predicted molar refractivity (Wildman–Crippen MR) is 77.4 cm³/mol. The lowest BCUT2D eigenvalue weighted by Crippen LogP contribution is -2.39. The Bertz CT molecular complexity index is 524. The minimum Gasteiger partial charge on any atom is -0.464 e. The summed E-state index contributed by atoms with van der Waals surface area (Å²) in [5, 5.41) is 10.8. The molecular formula is C15H17ClO4. The Morgan fingerprint density at radius 3 is 2.70 bits per heavy atom. The minimum absolute atomic E-state index is 0.129. The summed E-state index contributed by atoms with van der Waals surface area (Å²) < 4.78 is 4.80. The molecule has 0 amide bonds. The smallest absolute Gasteiger partial charge is 0.342 e. The first-order chi connectivity index (χ1) is 9.37. The highest BCUT2D eigenvalue weighted by atomic mass is 35.5. The summed E-state index contributed by atoms with van der Waals surface area (Å²) in [5.74, 6) is -1.15. The topological polar surface area (TPSA) is 63.6 Å². The lowest BCUT2D eigenvalue weighted by molar-refractivity contribution is -0.161. The van der Waals surface area contributed by atoms with Crippen LogP contribution in [0.3, 0.4) is 0 Å². The second-order valence-corrected chi connectivity index (χ2v) is 4.85. The highest BCUT2D eigenvalue weighted by Crippen LogP contribution is 2.19. The Balaban J connectivity index is 3.00. The number of ketones is 1. The van der Waals surface area contributed by atoms with Crippen LogP contribution < -0.4 is 0 Å². The van der Waals surface area contributed by atoms with Crippen LogP contribution in [0.25, 0.3) is 6.08 Å². The molecule has 0 fully saturated rings. The first kappa shape index (κ1) is 16.4. The van der Waals surface area contributed by atoms with Crippen molar-refractivity contribution in [2.24, 2.45) is 0 Å². The number of rotatable bonds is 6. The van der Waals surface area contributed by atoms with E-state index < -0.39 is 11.6 Å². The third kappa shape index (κ3) is 4.79. The quantitative estimate of drug-likeness (QED) is 0.820. The molecule has 0 aliphatic heterocycles. The fraction of sp³-hybridized carbons (Fsp3) is 0.333. The average molecular weight is 297 g/mol. The number of carbonyl (C=O) groups excluding carboxylic acids is 2. The number of aliphatic hydroxyl groups is 1. The van der Waals surface area contributed by atoms with Crippen molar-refractivity contribution < 1.29 is 19.4 Å². The van der Waals surface area contributed by atoms with Crippen LogP contribution in [0.4, 0.5) is 0 Å². The van der Waals surface area contributed by atoms with E-state index in [-0.39, 0.29) is 18.8 Å². The van der Waals surface area contributed by atoms with E-state index in [1.807, 2.05) is 0 Å². The van der Waals surface area contributed by atoms with Gasteiger partial charge in [0, 0.05) is 11.4 Å². The van der Waals surface area contributed by atoms with E-state index in [1.54, 1.807) is 31.2 Å². The molecule has 5 heteroatoms. The number of halogens is 1. The Morgan fingerprint density at radius 2 is 2.15 bits per heavy atom. The van der Waals surface area contributed by atoms with Crippen molar-refractivity contribution in [3.05, 3.63) is 40.9 Å². The van der Waals surface area contributed by atoms with E-state index in [9.17, 15) is 14.7 Å². The molecule has 1 atom stereocenters. The molecule has 1 aromatic rings. The number of benzene rings is 1. The van der Waals surface area contributed by atoms with Crippen LogP contribution in [-0.4, -0.2) is 29.1 Å². The summed E-state index contributed by atoms with van der Waals surface area (Å²) in [4.78, 5) is 23.0.